The minimum Gasteiger partial charge on any atom is -0.481 e. The molecule has 0 spiro atoms. The van der Waals surface area contributed by atoms with Crippen LogP contribution in [0.4, 0.5) is 0 Å². The number of ether oxygens (including phenoxy) is 2. The van der Waals surface area contributed by atoms with Gasteiger partial charge in [0, 0.05) is 14.2 Å². The second kappa shape index (κ2) is 6.56. The SMILES string of the molecule is COC(CNC(=O)C1CCCC1C(=O)O)OC. The van der Waals surface area contributed by atoms with Gasteiger partial charge in [-0.05, 0) is 12.8 Å². The van der Waals surface area contributed by atoms with Gasteiger partial charge in [-0.3, -0.25) is 9.59 Å². The third-order valence-corrected chi connectivity index (χ3v) is 3.14. The van der Waals surface area contributed by atoms with Crippen LogP contribution in [0.1, 0.15) is 19.3 Å². The zero-order valence-electron chi connectivity index (χ0n) is 10.1. The number of carbonyl (C=O) groups is 2. The predicted molar refractivity (Wildman–Crippen MR) is 59.3 cm³/mol. The molecule has 0 saturated heterocycles. The molecule has 1 aliphatic carbocycles. The van der Waals surface area contributed by atoms with Crippen molar-refractivity contribution in [2.24, 2.45) is 11.8 Å². The Morgan fingerprint density at radius 1 is 1.29 bits per heavy atom. The maximum atomic E-state index is 11.8. The van der Waals surface area contributed by atoms with E-state index in [1.165, 1.54) is 14.2 Å². The molecule has 1 amide bonds. The van der Waals surface area contributed by atoms with Gasteiger partial charge in [0.25, 0.3) is 0 Å². The number of carboxylic acid groups (broad SMARTS) is 1. The third kappa shape index (κ3) is 3.67. The lowest BCUT2D eigenvalue weighted by atomic mass is 9.95. The van der Waals surface area contributed by atoms with Gasteiger partial charge in [-0.15, -0.1) is 0 Å². The molecule has 0 bridgehead atoms. The van der Waals surface area contributed by atoms with Gasteiger partial charge in [0.15, 0.2) is 6.29 Å². The minimum absolute atomic E-state index is 0.228. The Labute approximate surface area is 100 Å². The van der Waals surface area contributed by atoms with Crippen LogP contribution in [0.15, 0.2) is 0 Å². The maximum absolute atomic E-state index is 11.8. The second-order valence-corrected chi connectivity index (χ2v) is 4.13. The Hall–Kier alpha value is -1.14. The van der Waals surface area contributed by atoms with Crippen molar-refractivity contribution in [2.45, 2.75) is 25.6 Å². The second-order valence-electron chi connectivity index (χ2n) is 4.13. The van der Waals surface area contributed by atoms with Gasteiger partial charge in [-0.1, -0.05) is 6.42 Å². The number of aliphatic carboxylic acids is 1. The van der Waals surface area contributed by atoms with E-state index in [2.05, 4.69) is 5.32 Å². The van der Waals surface area contributed by atoms with Crippen molar-refractivity contribution in [2.75, 3.05) is 20.8 Å². The number of nitrogens with one attached hydrogen (secondary N) is 1. The van der Waals surface area contributed by atoms with E-state index in [-0.39, 0.29) is 12.5 Å². The van der Waals surface area contributed by atoms with Crippen molar-refractivity contribution in [1.29, 1.82) is 0 Å². The molecule has 17 heavy (non-hydrogen) atoms. The Balaban J connectivity index is 2.44. The molecule has 6 heteroatoms. The molecule has 0 heterocycles. The summed E-state index contributed by atoms with van der Waals surface area (Å²) in [6.07, 6.45) is 1.50. The van der Waals surface area contributed by atoms with Crippen LogP contribution >= 0.6 is 0 Å². The summed E-state index contributed by atoms with van der Waals surface area (Å²) in [5.74, 6) is -2.10. The molecule has 1 aliphatic rings. The van der Waals surface area contributed by atoms with Gasteiger partial charge in [0.05, 0.1) is 18.4 Å². The number of rotatable bonds is 6. The summed E-state index contributed by atoms with van der Waals surface area (Å²) < 4.78 is 9.87. The Morgan fingerprint density at radius 3 is 2.41 bits per heavy atom. The highest BCUT2D eigenvalue weighted by molar-refractivity contribution is 5.85. The molecule has 98 valence electrons. The van der Waals surface area contributed by atoms with Crippen molar-refractivity contribution in [1.82, 2.24) is 5.32 Å². The number of hydrogen-bond donors (Lipinski definition) is 2. The van der Waals surface area contributed by atoms with Gasteiger partial charge in [-0.2, -0.15) is 0 Å². The van der Waals surface area contributed by atoms with Crippen LogP contribution in [0, 0.1) is 11.8 Å². The fourth-order valence-corrected chi connectivity index (χ4v) is 2.15. The van der Waals surface area contributed by atoms with Crippen molar-refractivity contribution in [3.8, 4) is 0 Å². The predicted octanol–water partition coefficient (Wildman–Crippen LogP) is 0.222. The average molecular weight is 245 g/mol. The van der Waals surface area contributed by atoms with E-state index in [4.69, 9.17) is 14.6 Å². The molecular formula is C11H19NO5. The van der Waals surface area contributed by atoms with Crippen molar-refractivity contribution in [3.63, 3.8) is 0 Å². The first-order valence-electron chi connectivity index (χ1n) is 5.66. The van der Waals surface area contributed by atoms with Crippen LogP contribution in [0.2, 0.25) is 0 Å². The molecule has 0 aromatic rings. The quantitative estimate of drug-likeness (QED) is 0.654. The highest BCUT2D eigenvalue weighted by Gasteiger charge is 2.37. The summed E-state index contributed by atoms with van der Waals surface area (Å²) in [5.41, 5.74) is 0. The highest BCUT2D eigenvalue weighted by Crippen LogP contribution is 2.31. The zero-order valence-corrected chi connectivity index (χ0v) is 10.1. The number of amides is 1. The maximum Gasteiger partial charge on any atom is 0.307 e. The minimum atomic E-state index is -0.891. The van der Waals surface area contributed by atoms with E-state index in [0.29, 0.717) is 12.8 Å². The molecular weight excluding hydrogens is 226 g/mol. The molecule has 6 nitrogen and oxygen atoms in total. The van der Waals surface area contributed by atoms with E-state index < -0.39 is 24.1 Å². The first kappa shape index (κ1) is 13.9. The van der Waals surface area contributed by atoms with E-state index >= 15 is 0 Å². The highest BCUT2D eigenvalue weighted by atomic mass is 16.7. The molecule has 1 rings (SSSR count). The number of carboxylic acids is 1. The van der Waals surface area contributed by atoms with Crippen LogP contribution in [-0.2, 0) is 19.1 Å². The standard InChI is InChI=1S/C11H19NO5/c1-16-9(17-2)6-12-10(13)7-4-3-5-8(7)11(14)15/h7-9H,3-6H2,1-2H3,(H,12,13)(H,14,15). The number of hydrogen-bond acceptors (Lipinski definition) is 4. The normalized spacial score (nSPS) is 23.9. The third-order valence-electron chi connectivity index (χ3n) is 3.14. The molecule has 2 N–H and O–H groups in total. The van der Waals surface area contributed by atoms with Gasteiger partial charge in [0.1, 0.15) is 0 Å². The molecule has 0 aromatic carbocycles. The molecule has 1 saturated carbocycles. The average Bonchev–Trinajstić information content (AvgIpc) is 2.79. The zero-order chi connectivity index (χ0) is 12.8. The fourth-order valence-electron chi connectivity index (χ4n) is 2.15. The molecule has 0 radical (unpaired) electrons. The van der Waals surface area contributed by atoms with Crippen LogP contribution in [-0.4, -0.2) is 44.0 Å². The summed E-state index contributed by atoms with van der Waals surface area (Å²) >= 11 is 0. The van der Waals surface area contributed by atoms with Gasteiger partial charge >= 0.3 is 5.97 Å². The smallest absolute Gasteiger partial charge is 0.307 e. The summed E-state index contributed by atoms with van der Waals surface area (Å²) in [6.45, 7) is 0.231. The van der Waals surface area contributed by atoms with E-state index in [1.54, 1.807) is 0 Å². The lowest BCUT2D eigenvalue weighted by Gasteiger charge is -2.18. The van der Waals surface area contributed by atoms with Gasteiger partial charge in [-0.25, -0.2) is 0 Å². The summed E-state index contributed by atoms with van der Waals surface area (Å²) in [5, 5.41) is 11.6. The summed E-state index contributed by atoms with van der Waals surface area (Å²) in [4.78, 5) is 22.7. The van der Waals surface area contributed by atoms with Crippen LogP contribution in [0.5, 0.6) is 0 Å². The van der Waals surface area contributed by atoms with E-state index in [1.807, 2.05) is 0 Å². The fraction of sp³-hybridized carbons (Fsp3) is 0.818. The van der Waals surface area contributed by atoms with Gasteiger partial charge < -0.3 is 19.9 Å². The lowest BCUT2D eigenvalue weighted by molar-refractivity contribution is -0.146. The lowest BCUT2D eigenvalue weighted by Crippen LogP contribution is -2.40. The van der Waals surface area contributed by atoms with Crippen LogP contribution in [0.25, 0.3) is 0 Å². The monoisotopic (exact) mass is 245 g/mol. The largest absolute Gasteiger partial charge is 0.481 e. The van der Waals surface area contributed by atoms with Gasteiger partial charge in [0.2, 0.25) is 5.91 Å². The number of carbonyl (C=O) groups excluding carboxylic acids is 1. The Bertz CT molecular complexity index is 277. The van der Waals surface area contributed by atoms with Crippen molar-refractivity contribution in [3.05, 3.63) is 0 Å². The van der Waals surface area contributed by atoms with E-state index in [0.717, 1.165) is 6.42 Å². The van der Waals surface area contributed by atoms with Crippen LogP contribution < -0.4 is 5.32 Å². The summed E-state index contributed by atoms with van der Waals surface area (Å²) in [7, 11) is 2.96. The number of methoxy groups -OCH3 is 2. The molecule has 0 aliphatic heterocycles. The summed E-state index contributed by atoms with van der Waals surface area (Å²) in [6, 6.07) is 0. The topological polar surface area (TPSA) is 84.9 Å². The van der Waals surface area contributed by atoms with E-state index in [9.17, 15) is 9.59 Å². The first-order chi connectivity index (χ1) is 8.10. The molecule has 2 unspecified atom stereocenters. The molecule has 2 atom stereocenters. The Kier molecular flexibility index (Phi) is 5.37. The molecule has 0 aromatic heterocycles. The van der Waals surface area contributed by atoms with Crippen molar-refractivity contribution < 1.29 is 24.2 Å². The molecule has 1 fully saturated rings. The first-order valence-corrected chi connectivity index (χ1v) is 5.66. The van der Waals surface area contributed by atoms with Crippen molar-refractivity contribution >= 4 is 11.9 Å². The van der Waals surface area contributed by atoms with Crippen LogP contribution in [0.3, 0.4) is 0 Å². The Morgan fingerprint density at radius 2 is 1.88 bits per heavy atom.